The Labute approximate surface area is 174 Å². The van der Waals surface area contributed by atoms with Gasteiger partial charge in [-0.1, -0.05) is 17.7 Å². The lowest BCUT2D eigenvalue weighted by Crippen LogP contribution is -2.31. The van der Waals surface area contributed by atoms with Gasteiger partial charge in [0.25, 0.3) is 0 Å². The summed E-state index contributed by atoms with van der Waals surface area (Å²) in [7, 11) is 0. The van der Waals surface area contributed by atoms with E-state index in [-0.39, 0.29) is 17.3 Å². The highest BCUT2D eigenvalue weighted by molar-refractivity contribution is 5.92. The summed E-state index contributed by atoms with van der Waals surface area (Å²) in [5, 5.41) is 20.8. The number of aromatic hydroxyl groups is 2. The molecular weight excluding hydrogens is 364 g/mol. The van der Waals surface area contributed by atoms with Crippen molar-refractivity contribution in [1.82, 2.24) is 0 Å². The molecule has 29 heavy (non-hydrogen) atoms. The van der Waals surface area contributed by atoms with Crippen LogP contribution in [0, 0.1) is 20.8 Å². The van der Waals surface area contributed by atoms with Crippen LogP contribution in [0.2, 0.25) is 0 Å². The Morgan fingerprint density at radius 1 is 1.07 bits per heavy atom. The number of hydrogen-bond acceptors (Lipinski definition) is 4. The number of carbonyl (C=O) groups excluding carboxylic acids is 1. The zero-order valence-corrected chi connectivity index (χ0v) is 18.8. The average Bonchev–Trinajstić information content (AvgIpc) is 2.63. The Morgan fingerprint density at radius 2 is 1.66 bits per heavy atom. The first kappa shape index (κ1) is 22.8. The second kappa shape index (κ2) is 8.89. The molecule has 4 nitrogen and oxygen atoms in total. The van der Waals surface area contributed by atoms with Crippen LogP contribution in [0.25, 0.3) is 0 Å². The molecule has 1 aliphatic heterocycles. The molecule has 0 fully saturated rings. The monoisotopic (exact) mass is 398 g/mol. The molecule has 4 heteroatoms. The van der Waals surface area contributed by atoms with E-state index in [4.69, 9.17) is 4.74 Å². The molecule has 0 spiro atoms. The molecule has 0 radical (unpaired) electrons. The highest BCUT2D eigenvalue weighted by atomic mass is 16.5. The molecule has 1 aromatic carbocycles. The fourth-order valence-electron chi connectivity index (χ4n) is 3.56. The summed E-state index contributed by atoms with van der Waals surface area (Å²) in [6.07, 6.45) is 8.31. The highest BCUT2D eigenvalue weighted by Crippen LogP contribution is 2.37. The van der Waals surface area contributed by atoms with E-state index in [9.17, 15) is 15.0 Å². The van der Waals surface area contributed by atoms with Crippen molar-refractivity contribution in [2.75, 3.05) is 0 Å². The predicted octanol–water partition coefficient (Wildman–Crippen LogP) is 5.89. The minimum Gasteiger partial charge on any atom is -0.507 e. The summed E-state index contributed by atoms with van der Waals surface area (Å²) in [4.78, 5) is 11.9. The first-order chi connectivity index (χ1) is 13.4. The molecule has 158 valence electrons. The van der Waals surface area contributed by atoms with Crippen molar-refractivity contribution in [2.45, 2.75) is 79.8 Å². The first-order valence-electron chi connectivity index (χ1n) is 10.2. The lowest BCUT2D eigenvalue weighted by molar-refractivity contribution is -0.121. The molecule has 0 saturated carbocycles. The van der Waals surface area contributed by atoms with E-state index in [1.54, 1.807) is 6.08 Å². The van der Waals surface area contributed by atoms with Crippen molar-refractivity contribution in [2.24, 2.45) is 0 Å². The van der Waals surface area contributed by atoms with Crippen LogP contribution in [0.4, 0.5) is 0 Å². The second-order valence-electron chi connectivity index (χ2n) is 8.74. The van der Waals surface area contributed by atoms with Gasteiger partial charge in [0.15, 0.2) is 5.78 Å². The predicted molar refractivity (Wildman–Crippen MR) is 117 cm³/mol. The molecule has 0 bridgehead atoms. The van der Waals surface area contributed by atoms with E-state index in [0.717, 1.165) is 35.1 Å². The summed E-state index contributed by atoms with van der Waals surface area (Å²) in [6.45, 7) is 13.5. The van der Waals surface area contributed by atoms with Crippen LogP contribution in [-0.4, -0.2) is 21.6 Å². The van der Waals surface area contributed by atoms with Gasteiger partial charge in [0, 0.05) is 18.1 Å². The fourth-order valence-corrected chi connectivity index (χ4v) is 3.56. The molecule has 1 heterocycles. The summed E-state index contributed by atoms with van der Waals surface area (Å²) in [6, 6.07) is 0. The third-order valence-electron chi connectivity index (χ3n) is 5.72. The third-order valence-corrected chi connectivity index (χ3v) is 5.72. The Morgan fingerprint density at radius 3 is 2.21 bits per heavy atom. The average molecular weight is 399 g/mol. The van der Waals surface area contributed by atoms with Crippen LogP contribution in [0.3, 0.4) is 0 Å². The summed E-state index contributed by atoms with van der Waals surface area (Å²) < 4.78 is 5.93. The van der Waals surface area contributed by atoms with Gasteiger partial charge in [-0.25, -0.2) is 0 Å². The van der Waals surface area contributed by atoms with E-state index in [1.165, 1.54) is 5.57 Å². The van der Waals surface area contributed by atoms with E-state index >= 15 is 0 Å². The molecule has 2 rings (SSSR count). The Balaban J connectivity index is 2.03. The Hall–Kier alpha value is -2.49. The SMILES string of the molecule is C/C(=C\Cc1c(O)c(C)c(C)c(C)c1O)CC/C=C(\C)C1=CC(=O)CC(C)(C)O1. The molecule has 1 aromatic rings. The third kappa shape index (κ3) is 5.53. The lowest BCUT2D eigenvalue weighted by Gasteiger charge is -2.30. The summed E-state index contributed by atoms with van der Waals surface area (Å²) in [5.74, 6) is 1.12. The van der Waals surface area contributed by atoms with Gasteiger partial charge in [-0.3, -0.25) is 4.79 Å². The fraction of sp³-hybridized carbons (Fsp3) is 0.480. The topological polar surface area (TPSA) is 66.8 Å². The van der Waals surface area contributed by atoms with Crippen molar-refractivity contribution in [1.29, 1.82) is 0 Å². The van der Waals surface area contributed by atoms with Crippen LogP contribution in [0.1, 0.15) is 69.2 Å². The van der Waals surface area contributed by atoms with Gasteiger partial charge in [-0.05, 0) is 90.0 Å². The molecular formula is C25H34O4. The minimum atomic E-state index is -0.458. The van der Waals surface area contributed by atoms with Gasteiger partial charge < -0.3 is 14.9 Å². The Bertz CT molecular complexity index is 869. The zero-order chi connectivity index (χ0) is 21.9. The molecule has 2 N–H and O–H groups in total. The molecule has 0 aromatic heterocycles. The van der Waals surface area contributed by atoms with E-state index < -0.39 is 5.60 Å². The lowest BCUT2D eigenvalue weighted by atomic mass is 9.95. The molecule has 0 amide bonds. The van der Waals surface area contributed by atoms with Gasteiger partial charge in [0.05, 0.1) is 0 Å². The van der Waals surface area contributed by atoms with Crippen molar-refractivity contribution in [3.05, 3.63) is 57.4 Å². The minimum absolute atomic E-state index is 0.100. The molecule has 0 aliphatic carbocycles. The van der Waals surface area contributed by atoms with Crippen molar-refractivity contribution >= 4 is 5.78 Å². The Kier molecular flexibility index (Phi) is 6.99. The number of hydrogen-bond donors (Lipinski definition) is 2. The van der Waals surface area contributed by atoms with E-state index in [1.807, 2.05) is 48.5 Å². The molecule has 0 unspecified atom stereocenters. The highest BCUT2D eigenvalue weighted by Gasteiger charge is 2.29. The number of phenols is 2. The first-order valence-corrected chi connectivity index (χ1v) is 10.2. The van der Waals surface area contributed by atoms with Crippen molar-refractivity contribution < 1.29 is 19.7 Å². The maximum atomic E-state index is 11.9. The maximum Gasteiger partial charge on any atom is 0.163 e. The van der Waals surface area contributed by atoms with Crippen molar-refractivity contribution in [3.8, 4) is 11.5 Å². The quantitative estimate of drug-likeness (QED) is 0.586. The van der Waals surface area contributed by atoms with Gasteiger partial charge in [-0.2, -0.15) is 0 Å². The molecule has 0 atom stereocenters. The number of phenolic OH excluding ortho intramolecular Hbond substituents is 2. The smallest absolute Gasteiger partial charge is 0.163 e. The van der Waals surface area contributed by atoms with Gasteiger partial charge in [-0.15, -0.1) is 0 Å². The van der Waals surface area contributed by atoms with Crippen LogP contribution in [0.5, 0.6) is 11.5 Å². The summed E-state index contributed by atoms with van der Waals surface area (Å²) in [5.41, 5.74) is 4.83. The number of benzene rings is 1. The van der Waals surface area contributed by atoms with E-state index in [0.29, 0.717) is 24.2 Å². The van der Waals surface area contributed by atoms with Crippen LogP contribution in [0.15, 0.2) is 35.1 Å². The number of allylic oxidation sites excluding steroid dienone is 5. The van der Waals surface area contributed by atoms with Gasteiger partial charge in [0.1, 0.15) is 22.9 Å². The van der Waals surface area contributed by atoms with Crippen LogP contribution >= 0.6 is 0 Å². The molecule has 0 saturated heterocycles. The van der Waals surface area contributed by atoms with Gasteiger partial charge >= 0.3 is 0 Å². The van der Waals surface area contributed by atoms with Gasteiger partial charge in [0.2, 0.25) is 0 Å². The number of carbonyl (C=O) groups is 1. The molecule has 1 aliphatic rings. The van der Waals surface area contributed by atoms with E-state index in [2.05, 4.69) is 12.2 Å². The number of rotatable bonds is 6. The number of ether oxygens (including phenoxy) is 1. The normalized spacial score (nSPS) is 17.2. The largest absolute Gasteiger partial charge is 0.507 e. The van der Waals surface area contributed by atoms with Crippen LogP contribution in [-0.2, 0) is 16.0 Å². The summed E-state index contributed by atoms with van der Waals surface area (Å²) >= 11 is 0. The maximum absolute atomic E-state index is 11.9. The van der Waals surface area contributed by atoms with Crippen LogP contribution < -0.4 is 0 Å². The zero-order valence-electron chi connectivity index (χ0n) is 18.8. The standard InChI is InChI=1S/C25H34O4/c1-15(11-12-21-23(27)18(4)17(3)19(5)24(21)28)9-8-10-16(2)22-13-20(26)14-25(6,7)29-22/h10-11,13,27-28H,8-9,12,14H2,1-7H3/b15-11+,16-10+. The van der Waals surface area contributed by atoms with Crippen molar-refractivity contribution in [3.63, 3.8) is 0 Å². The number of ketones is 1. The second-order valence-corrected chi connectivity index (χ2v) is 8.74.